The second-order valence-corrected chi connectivity index (χ2v) is 16.4. The SMILES string of the molecule is Cc1c(-c2ccc3ccc4cccc5ccc2c3c45)c(C)c(-c2ccc3ccc4cccc5ccc2c3c45)c(C)c1-c1ccc2ccc3cccc4ccc1c2c34. The van der Waals surface area contributed by atoms with E-state index in [0.717, 1.165) is 0 Å². The van der Waals surface area contributed by atoms with Crippen LogP contribution in [0.15, 0.2) is 164 Å². The summed E-state index contributed by atoms with van der Waals surface area (Å²) in [7, 11) is 0. The minimum atomic E-state index is 1.29. The first-order chi connectivity index (χ1) is 28.0. The summed E-state index contributed by atoms with van der Waals surface area (Å²) in [5.74, 6) is 0. The van der Waals surface area contributed by atoms with Crippen molar-refractivity contribution in [3.8, 4) is 33.4 Å². The van der Waals surface area contributed by atoms with Crippen molar-refractivity contribution >= 4 is 97.0 Å². The Morgan fingerprint density at radius 1 is 0.211 bits per heavy atom. The first-order valence-electron chi connectivity index (χ1n) is 20.2. The molecule has 0 aliphatic heterocycles. The summed E-state index contributed by atoms with van der Waals surface area (Å²) >= 11 is 0. The Balaban J connectivity index is 1.20. The van der Waals surface area contributed by atoms with Crippen LogP contribution in [-0.4, -0.2) is 0 Å². The molecule has 0 fully saturated rings. The smallest absolute Gasteiger partial charge is 0.00206 e. The van der Waals surface area contributed by atoms with Gasteiger partial charge in [-0.3, -0.25) is 0 Å². The average Bonchev–Trinajstić information content (AvgIpc) is 3.25. The molecule has 0 unspecified atom stereocenters. The summed E-state index contributed by atoms with van der Waals surface area (Å²) in [5, 5.41) is 23.7. The summed E-state index contributed by atoms with van der Waals surface area (Å²) in [6.07, 6.45) is 0. The molecular formula is C57H36. The third-order valence-electron chi connectivity index (χ3n) is 13.6. The Morgan fingerprint density at radius 2 is 0.421 bits per heavy atom. The van der Waals surface area contributed by atoms with E-state index < -0.39 is 0 Å². The molecule has 57 heavy (non-hydrogen) atoms. The summed E-state index contributed by atoms with van der Waals surface area (Å²) in [6, 6.07) is 62.2. The monoisotopic (exact) mass is 720 g/mol. The molecular weight excluding hydrogens is 685 g/mol. The molecule has 0 saturated carbocycles. The quantitative estimate of drug-likeness (QED) is 0.159. The maximum Gasteiger partial charge on any atom is -0.00206 e. The van der Waals surface area contributed by atoms with Gasteiger partial charge in [-0.15, -0.1) is 0 Å². The van der Waals surface area contributed by atoms with Gasteiger partial charge in [0.25, 0.3) is 0 Å². The molecule has 0 nitrogen and oxygen atoms in total. The maximum atomic E-state index is 2.40. The van der Waals surface area contributed by atoms with Gasteiger partial charge < -0.3 is 0 Å². The lowest BCUT2D eigenvalue weighted by Gasteiger charge is -2.26. The van der Waals surface area contributed by atoms with Crippen molar-refractivity contribution < 1.29 is 0 Å². The van der Waals surface area contributed by atoms with Crippen molar-refractivity contribution in [2.45, 2.75) is 20.8 Å². The molecule has 0 aliphatic carbocycles. The van der Waals surface area contributed by atoms with Gasteiger partial charge in [0.1, 0.15) is 0 Å². The summed E-state index contributed by atoms with van der Waals surface area (Å²) in [4.78, 5) is 0. The zero-order valence-corrected chi connectivity index (χ0v) is 32.1. The van der Waals surface area contributed by atoms with E-state index in [4.69, 9.17) is 0 Å². The molecule has 0 N–H and O–H groups in total. The zero-order chi connectivity index (χ0) is 37.7. The molecule has 13 rings (SSSR count). The van der Waals surface area contributed by atoms with Crippen LogP contribution < -0.4 is 0 Å². The van der Waals surface area contributed by atoms with Gasteiger partial charge in [0.05, 0.1) is 0 Å². The van der Waals surface area contributed by atoms with E-state index in [-0.39, 0.29) is 0 Å². The summed E-state index contributed by atoms with van der Waals surface area (Å²) < 4.78 is 0. The van der Waals surface area contributed by atoms with Crippen molar-refractivity contribution in [3.63, 3.8) is 0 Å². The van der Waals surface area contributed by atoms with E-state index in [1.54, 1.807) is 0 Å². The van der Waals surface area contributed by atoms with E-state index >= 15 is 0 Å². The highest BCUT2D eigenvalue weighted by atomic mass is 14.3. The van der Waals surface area contributed by atoms with Gasteiger partial charge >= 0.3 is 0 Å². The Labute approximate surface area is 330 Å². The van der Waals surface area contributed by atoms with Crippen LogP contribution in [0.2, 0.25) is 0 Å². The highest BCUT2D eigenvalue weighted by Crippen LogP contribution is 2.51. The third kappa shape index (κ3) is 4.02. The van der Waals surface area contributed by atoms with Crippen LogP contribution in [-0.2, 0) is 0 Å². The molecule has 0 saturated heterocycles. The van der Waals surface area contributed by atoms with E-state index in [1.807, 2.05) is 0 Å². The van der Waals surface area contributed by atoms with E-state index in [9.17, 15) is 0 Å². The maximum absolute atomic E-state index is 2.40. The van der Waals surface area contributed by atoms with Crippen LogP contribution in [0.4, 0.5) is 0 Å². The van der Waals surface area contributed by atoms with Gasteiger partial charge in [-0.1, -0.05) is 164 Å². The number of benzene rings is 13. The highest BCUT2D eigenvalue weighted by Gasteiger charge is 2.26. The lowest BCUT2D eigenvalue weighted by molar-refractivity contribution is 1.33. The summed E-state index contributed by atoms with van der Waals surface area (Å²) in [5.41, 5.74) is 11.9. The van der Waals surface area contributed by atoms with Crippen LogP contribution >= 0.6 is 0 Å². The van der Waals surface area contributed by atoms with Crippen molar-refractivity contribution in [2.24, 2.45) is 0 Å². The fourth-order valence-corrected chi connectivity index (χ4v) is 11.3. The Kier molecular flexibility index (Phi) is 6.06. The third-order valence-corrected chi connectivity index (χ3v) is 13.6. The van der Waals surface area contributed by atoms with Crippen molar-refractivity contribution in [1.82, 2.24) is 0 Å². The fraction of sp³-hybridized carbons (Fsp3) is 0.0526. The van der Waals surface area contributed by atoms with Crippen LogP contribution in [0.25, 0.3) is 130 Å². The number of rotatable bonds is 3. The second-order valence-electron chi connectivity index (χ2n) is 16.4. The van der Waals surface area contributed by atoms with Gasteiger partial charge in [-0.2, -0.15) is 0 Å². The molecule has 0 atom stereocenters. The molecule has 0 spiro atoms. The van der Waals surface area contributed by atoms with E-state index in [2.05, 4.69) is 185 Å². The van der Waals surface area contributed by atoms with E-state index in [0.29, 0.717) is 0 Å². The minimum Gasteiger partial charge on any atom is -0.0610 e. The predicted molar refractivity (Wildman–Crippen MR) is 248 cm³/mol. The predicted octanol–water partition coefficient (Wildman–Crippen LogP) is 16.3. The van der Waals surface area contributed by atoms with Gasteiger partial charge in [0.15, 0.2) is 0 Å². The van der Waals surface area contributed by atoms with E-state index in [1.165, 1.54) is 147 Å². The zero-order valence-electron chi connectivity index (χ0n) is 32.1. The Morgan fingerprint density at radius 3 is 0.684 bits per heavy atom. The molecule has 13 aromatic rings. The average molecular weight is 721 g/mol. The molecule has 0 heteroatoms. The minimum absolute atomic E-state index is 1.29. The normalized spacial score (nSPS) is 12.5. The lowest BCUT2D eigenvalue weighted by atomic mass is 9.77. The Hall–Kier alpha value is -7.02. The molecule has 0 amide bonds. The lowest BCUT2D eigenvalue weighted by Crippen LogP contribution is -2.02. The number of hydrogen-bond acceptors (Lipinski definition) is 0. The van der Waals surface area contributed by atoms with Gasteiger partial charge in [-0.25, -0.2) is 0 Å². The van der Waals surface area contributed by atoms with Crippen molar-refractivity contribution in [3.05, 3.63) is 180 Å². The largest absolute Gasteiger partial charge is 0.0610 e. The fourth-order valence-electron chi connectivity index (χ4n) is 11.3. The molecule has 0 heterocycles. The van der Waals surface area contributed by atoms with Gasteiger partial charge in [0.2, 0.25) is 0 Å². The standard InChI is InChI=1S/C57H36/c1-31-49(43-25-22-40-16-13-34-7-4-10-37-19-28-46(43)55(40)52(34)37)32(2)51(45-27-24-42-18-15-36-9-6-12-39-21-30-48(45)57(42)54(36)39)33(3)50(31)44-26-23-41-17-14-35-8-5-11-38-20-29-47(44)56(41)53(35)38/h4-30H,1-3H3. The summed E-state index contributed by atoms with van der Waals surface area (Å²) in [6.45, 7) is 7.15. The van der Waals surface area contributed by atoms with Crippen molar-refractivity contribution in [1.29, 1.82) is 0 Å². The highest BCUT2D eigenvalue weighted by molar-refractivity contribution is 6.29. The molecule has 0 radical (unpaired) electrons. The molecule has 13 aromatic carbocycles. The molecule has 0 bridgehead atoms. The van der Waals surface area contributed by atoms with Gasteiger partial charge in [-0.05, 0) is 168 Å². The Bertz CT molecular complexity index is 3350. The van der Waals surface area contributed by atoms with Crippen LogP contribution in [0.5, 0.6) is 0 Å². The van der Waals surface area contributed by atoms with Crippen LogP contribution in [0.1, 0.15) is 16.7 Å². The molecule has 0 aromatic heterocycles. The van der Waals surface area contributed by atoms with Crippen LogP contribution in [0.3, 0.4) is 0 Å². The van der Waals surface area contributed by atoms with Crippen LogP contribution in [0, 0.1) is 20.8 Å². The second kappa shape index (κ2) is 11.1. The first kappa shape index (κ1) is 31.2. The van der Waals surface area contributed by atoms with Crippen molar-refractivity contribution in [2.75, 3.05) is 0 Å². The molecule has 0 aliphatic rings. The molecule has 264 valence electrons. The van der Waals surface area contributed by atoms with Gasteiger partial charge in [0, 0.05) is 0 Å². The first-order valence-corrected chi connectivity index (χ1v) is 20.2. The topological polar surface area (TPSA) is 0 Å². The number of hydrogen-bond donors (Lipinski definition) is 0.